The lowest BCUT2D eigenvalue weighted by molar-refractivity contribution is -0.115. The zero-order valence-corrected chi connectivity index (χ0v) is 21.8. The minimum atomic E-state index is 0.00408. The molecule has 8 heteroatoms. The number of rotatable bonds is 7. The molecule has 0 spiro atoms. The van der Waals surface area contributed by atoms with Crippen LogP contribution in [0.1, 0.15) is 12.7 Å². The van der Waals surface area contributed by atoms with Crippen LogP contribution in [0.25, 0.3) is 10.8 Å². The smallest absolute Gasteiger partial charge is 0.242 e. The summed E-state index contributed by atoms with van der Waals surface area (Å²) in [6, 6.07) is 30.2. The van der Waals surface area contributed by atoms with Crippen LogP contribution in [-0.2, 0) is 17.9 Å². The number of anilines is 2. The SMILES string of the molecule is CCn1c(COc2cccc3ccccc23)nnc1SCC(=O)N1c2ccccc2Sc2ccccc21. The Balaban J connectivity index is 1.19. The number of ether oxygens (including phenoxy) is 1. The van der Waals surface area contributed by atoms with Gasteiger partial charge in [0.25, 0.3) is 0 Å². The second kappa shape index (κ2) is 10.3. The molecule has 1 aliphatic rings. The summed E-state index contributed by atoms with van der Waals surface area (Å²) in [7, 11) is 0. The summed E-state index contributed by atoms with van der Waals surface area (Å²) < 4.78 is 8.16. The number of carbonyl (C=O) groups excluding carboxylic acids is 1. The van der Waals surface area contributed by atoms with Gasteiger partial charge in [-0.15, -0.1) is 10.2 Å². The Morgan fingerprint density at radius 2 is 1.54 bits per heavy atom. The standard InChI is InChI=1S/C29H24N4O2S2/c1-2-32-27(18-35-24-15-9-11-20-10-3-4-12-21(20)24)30-31-29(32)36-19-28(34)33-22-13-5-7-16-25(22)37-26-17-8-6-14-23(26)33/h3-17H,2,18-19H2,1H3. The molecule has 0 bridgehead atoms. The van der Waals surface area contributed by atoms with Crippen LogP contribution >= 0.6 is 23.5 Å². The number of carbonyl (C=O) groups is 1. The Morgan fingerprint density at radius 3 is 2.30 bits per heavy atom. The van der Waals surface area contributed by atoms with Crippen LogP contribution in [0.3, 0.4) is 0 Å². The van der Waals surface area contributed by atoms with Gasteiger partial charge in [-0.3, -0.25) is 9.69 Å². The molecular formula is C29H24N4O2S2. The van der Waals surface area contributed by atoms with Crippen LogP contribution in [0.4, 0.5) is 11.4 Å². The van der Waals surface area contributed by atoms with E-state index in [1.807, 2.05) is 77.1 Å². The van der Waals surface area contributed by atoms with Crippen molar-refractivity contribution in [2.45, 2.75) is 35.0 Å². The first-order chi connectivity index (χ1) is 18.2. The zero-order valence-electron chi connectivity index (χ0n) is 20.2. The van der Waals surface area contributed by atoms with Gasteiger partial charge in [-0.2, -0.15) is 0 Å². The fourth-order valence-corrected chi connectivity index (χ4v) is 6.41. The molecular weight excluding hydrogens is 500 g/mol. The normalized spacial score (nSPS) is 12.3. The van der Waals surface area contributed by atoms with Crippen LogP contribution in [0.15, 0.2) is 106 Å². The number of hydrogen-bond donors (Lipinski definition) is 0. The predicted molar refractivity (Wildman–Crippen MR) is 149 cm³/mol. The molecule has 1 amide bonds. The number of amides is 1. The van der Waals surface area contributed by atoms with Crippen LogP contribution in [0, 0.1) is 0 Å². The van der Waals surface area contributed by atoms with Crippen LogP contribution in [-0.4, -0.2) is 26.4 Å². The van der Waals surface area contributed by atoms with Gasteiger partial charge in [0, 0.05) is 21.7 Å². The maximum Gasteiger partial charge on any atom is 0.242 e. The molecule has 5 aromatic rings. The molecule has 0 saturated heterocycles. The molecule has 6 rings (SSSR count). The molecule has 1 aromatic heterocycles. The van der Waals surface area contributed by atoms with Crippen LogP contribution in [0.5, 0.6) is 5.75 Å². The molecule has 1 aliphatic heterocycles. The highest BCUT2D eigenvalue weighted by atomic mass is 32.2. The third-order valence-corrected chi connectivity index (χ3v) is 8.30. The summed E-state index contributed by atoms with van der Waals surface area (Å²) in [6.45, 7) is 3.03. The maximum absolute atomic E-state index is 13.6. The summed E-state index contributed by atoms with van der Waals surface area (Å²) in [5.41, 5.74) is 1.83. The number of fused-ring (bicyclic) bond motifs is 3. The van der Waals surface area contributed by atoms with E-state index in [1.165, 1.54) is 11.8 Å². The monoisotopic (exact) mass is 524 g/mol. The average Bonchev–Trinajstić information content (AvgIpc) is 3.35. The summed E-state index contributed by atoms with van der Waals surface area (Å²) in [6.07, 6.45) is 0. The number of hydrogen-bond acceptors (Lipinski definition) is 6. The molecule has 0 saturated carbocycles. The van der Waals surface area contributed by atoms with E-state index >= 15 is 0 Å². The Bertz CT molecular complexity index is 1550. The first kappa shape index (κ1) is 23.6. The summed E-state index contributed by atoms with van der Waals surface area (Å²) in [5.74, 6) is 1.80. The van der Waals surface area contributed by atoms with Crippen LogP contribution in [0.2, 0.25) is 0 Å². The summed E-state index contributed by atoms with van der Waals surface area (Å²) >= 11 is 3.09. The van der Waals surface area contributed by atoms with Gasteiger partial charge in [-0.25, -0.2) is 0 Å². The molecule has 0 atom stereocenters. The maximum atomic E-state index is 13.6. The van der Waals surface area contributed by atoms with E-state index in [-0.39, 0.29) is 11.7 Å². The highest BCUT2D eigenvalue weighted by Crippen LogP contribution is 2.48. The van der Waals surface area contributed by atoms with Crippen molar-refractivity contribution in [2.75, 3.05) is 10.7 Å². The molecule has 4 aromatic carbocycles. The number of nitrogens with zero attached hydrogens (tertiary/aromatic N) is 4. The first-order valence-electron chi connectivity index (χ1n) is 12.1. The van der Waals surface area contributed by atoms with E-state index in [0.717, 1.165) is 43.5 Å². The second-order valence-corrected chi connectivity index (χ2v) is 10.5. The molecule has 184 valence electrons. The van der Waals surface area contributed by atoms with Crippen molar-refractivity contribution in [3.05, 3.63) is 96.8 Å². The second-order valence-electron chi connectivity index (χ2n) is 8.46. The summed E-state index contributed by atoms with van der Waals surface area (Å²) in [5, 5.41) is 11.7. The number of thioether (sulfide) groups is 1. The highest BCUT2D eigenvalue weighted by Gasteiger charge is 2.28. The fraction of sp³-hybridized carbons (Fsp3) is 0.138. The van der Waals surface area contributed by atoms with Gasteiger partial charge in [0.2, 0.25) is 5.91 Å². The van der Waals surface area contributed by atoms with E-state index in [4.69, 9.17) is 4.74 Å². The predicted octanol–water partition coefficient (Wildman–Crippen LogP) is 6.95. The van der Waals surface area contributed by atoms with Crippen molar-refractivity contribution in [2.24, 2.45) is 0 Å². The Morgan fingerprint density at radius 1 is 0.865 bits per heavy atom. The lowest BCUT2D eigenvalue weighted by Crippen LogP contribution is -2.30. The Kier molecular flexibility index (Phi) is 6.59. The van der Waals surface area contributed by atoms with Gasteiger partial charge in [0.15, 0.2) is 11.0 Å². The van der Waals surface area contributed by atoms with Gasteiger partial charge < -0.3 is 9.30 Å². The number of para-hydroxylation sites is 2. The minimum Gasteiger partial charge on any atom is -0.485 e. The molecule has 0 radical (unpaired) electrons. The Labute approximate surface area is 223 Å². The molecule has 2 heterocycles. The van der Waals surface area contributed by atoms with Crippen molar-refractivity contribution in [1.82, 2.24) is 14.8 Å². The van der Waals surface area contributed by atoms with Crippen molar-refractivity contribution in [1.29, 1.82) is 0 Å². The van der Waals surface area contributed by atoms with Gasteiger partial charge in [0.1, 0.15) is 12.4 Å². The molecule has 0 fully saturated rings. The van der Waals surface area contributed by atoms with Crippen molar-refractivity contribution in [3.63, 3.8) is 0 Å². The molecule has 0 N–H and O–H groups in total. The first-order valence-corrected chi connectivity index (χ1v) is 13.9. The fourth-order valence-electron chi connectivity index (χ4n) is 4.48. The third-order valence-electron chi connectivity index (χ3n) is 6.22. The largest absolute Gasteiger partial charge is 0.485 e. The lowest BCUT2D eigenvalue weighted by Gasteiger charge is -2.30. The number of benzene rings is 4. The quantitative estimate of drug-likeness (QED) is 0.215. The Hall–Kier alpha value is -3.75. The average molecular weight is 525 g/mol. The minimum absolute atomic E-state index is 0.00408. The zero-order chi connectivity index (χ0) is 25.2. The van der Waals surface area contributed by atoms with Crippen LogP contribution < -0.4 is 9.64 Å². The molecule has 0 aliphatic carbocycles. The lowest BCUT2D eigenvalue weighted by atomic mass is 10.1. The van der Waals surface area contributed by atoms with Crippen molar-refractivity contribution >= 4 is 51.6 Å². The topological polar surface area (TPSA) is 60.2 Å². The van der Waals surface area contributed by atoms with Gasteiger partial charge >= 0.3 is 0 Å². The molecule has 6 nitrogen and oxygen atoms in total. The summed E-state index contributed by atoms with van der Waals surface area (Å²) in [4.78, 5) is 17.5. The number of aromatic nitrogens is 3. The third kappa shape index (κ3) is 4.58. The molecule has 37 heavy (non-hydrogen) atoms. The highest BCUT2D eigenvalue weighted by molar-refractivity contribution is 8.00. The van der Waals surface area contributed by atoms with E-state index in [1.54, 1.807) is 11.8 Å². The van der Waals surface area contributed by atoms with Gasteiger partial charge in [-0.05, 0) is 42.6 Å². The van der Waals surface area contributed by atoms with Gasteiger partial charge in [0.05, 0.1) is 17.1 Å². The van der Waals surface area contributed by atoms with Gasteiger partial charge in [-0.1, -0.05) is 84.2 Å². The van der Waals surface area contributed by atoms with E-state index in [0.29, 0.717) is 18.3 Å². The van der Waals surface area contributed by atoms with Crippen molar-refractivity contribution in [3.8, 4) is 5.75 Å². The van der Waals surface area contributed by atoms with Crippen molar-refractivity contribution < 1.29 is 9.53 Å². The van der Waals surface area contributed by atoms with E-state index in [9.17, 15) is 4.79 Å². The van der Waals surface area contributed by atoms with E-state index in [2.05, 4.69) is 40.5 Å². The van der Waals surface area contributed by atoms with E-state index < -0.39 is 0 Å². The molecule has 0 unspecified atom stereocenters.